The number of carbonyl (C=O) groups is 3. The van der Waals surface area contributed by atoms with Crippen molar-refractivity contribution in [3.05, 3.63) is 0 Å². The Labute approximate surface area is 128 Å². The van der Waals surface area contributed by atoms with Crippen LogP contribution in [-0.2, 0) is 42.8 Å². The maximum Gasteiger partial charge on any atom is 0.307 e. The molecule has 0 aliphatic carbocycles. The van der Waals surface area contributed by atoms with Crippen molar-refractivity contribution in [1.82, 2.24) is 0 Å². The lowest BCUT2D eigenvalue weighted by Gasteiger charge is -2.18. The second-order valence-electron chi connectivity index (χ2n) is 3.88. The Bertz CT molecular complexity index is 290. The van der Waals surface area contributed by atoms with Crippen molar-refractivity contribution >= 4 is 17.9 Å². The summed E-state index contributed by atoms with van der Waals surface area (Å²) in [6.45, 7) is -1.09. The number of rotatable bonds is 12. The van der Waals surface area contributed by atoms with Gasteiger partial charge in [-0.3, -0.25) is 14.4 Å². The molecule has 9 heteroatoms. The molecule has 0 fully saturated rings. The minimum Gasteiger partial charge on any atom is -0.469 e. The molecule has 0 aromatic rings. The molecule has 0 amide bonds. The van der Waals surface area contributed by atoms with E-state index in [9.17, 15) is 14.4 Å². The fourth-order valence-electron chi connectivity index (χ4n) is 1.17. The smallest absolute Gasteiger partial charge is 0.307 e. The van der Waals surface area contributed by atoms with Crippen LogP contribution in [0.25, 0.3) is 0 Å². The molecule has 0 unspecified atom stereocenters. The number of esters is 3. The van der Waals surface area contributed by atoms with Crippen LogP contribution in [0.4, 0.5) is 0 Å². The van der Waals surface area contributed by atoms with Crippen LogP contribution >= 0.6 is 0 Å². The summed E-state index contributed by atoms with van der Waals surface area (Å²) in [6.07, 6.45) is 0.0647. The molecule has 0 aromatic carbocycles. The minimum atomic E-state index is -1.11. The summed E-state index contributed by atoms with van der Waals surface area (Å²) < 4.78 is 29.0. The van der Waals surface area contributed by atoms with E-state index in [1.807, 2.05) is 0 Å². The molecular weight excluding hydrogens is 300 g/mol. The lowest BCUT2D eigenvalue weighted by Crippen LogP contribution is -2.25. The summed E-state index contributed by atoms with van der Waals surface area (Å²) in [6, 6.07) is 0. The molecule has 22 heavy (non-hydrogen) atoms. The summed E-state index contributed by atoms with van der Waals surface area (Å²) in [5, 5.41) is 0. The second kappa shape index (κ2) is 13.0. The first-order valence-electron chi connectivity index (χ1n) is 6.58. The highest BCUT2D eigenvalue weighted by molar-refractivity contribution is 5.69. The van der Waals surface area contributed by atoms with Crippen LogP contribution in [0.15, 0.2) is 0 Å². The Hall–Kier alpha value is -1.71. The average molecular weight is 322 g/mol. The van der Waals surface area contributed by atoms with E-state index in [1.54, 1.807) is 0 Å². The Balaban J connectivity index is 4.09. The van der Waals surface area contributed by atoms with E-state index in [2.05, 4.69) is 14.2 Å². The van der Waals surface area contributed by atoms with Gasteiger partial charge in [0.1, 0.15) is 0 Å². The normalized spacial score (nSPS) is 10.4. The molecule has 128 valence electrons. The van der Waals surface area contributed by atoms with Gasteiger partial charge in [-0.1, -0.05) is 0 Å². The first-order chi connectivity index (χ1) is 10.5. The maximum absolute atomic E-state index is 11.0. The Morgan fingerprint density at radius 2 is 0.909 bits per heavy atom. The third-order valence-corrected chi connectivity index (χ3v) is 2.36. The van der Waals surface area contributed by atoms with Crippen LogP contribution in [0.2, 0.25) is 0 Å². The molecule has 0 N–H and O–H groups in total. The number of hydrogen-bond donors (Lipinski definition) is 0. The summed E-state index contributed by atoms with van der Waals surface area (Å²) >= 11 is 0. The molecular formula is C13H22O9. The Morgan fingerprint density at radius 1 is 0.636 bits per heavy atom. The van der Waals surface area contributed by atoms with Gasteiger partial charge in [-0.05, 0) is 0 Å². The average Bonchev–Trinajstić information content (AvgIpc) is 2.53. The third kappa shape index (κ3) is 11.0. The quantitative estimate of drug-likeness (QED) is 0.279. The molecule has 0 aromatic heterocycles. The molecule has 0 saturated heterocycles. The van der Waals surface area contributed by atoms with E-state index in [4.69, 9.17) is 14.2 Å². The highest BCUT2D eigenvalue weighted by Crippen LogP contribution is 2.03. The van der Waals surface area contributed by atoms with E-state index in [0.717, 1.165) is 0 Å². The first-order valence-corrected chi connectivity index (χ1v) is 6.58. The maximum atomic E-state index is 11.0. The summed E-state index contributed by atoms with van der Waals surface area (Å²) in [5.41, 5.74) is 0. The van der Waals surface area contributed by atoms with Crippen molar-refractivity contribution in [2.45, 2.75) is 25.7 Å². The van der Waals surface area contributed by atoms with Crippen LogP contribution in [-0.4, -0.2) is 65.5 Å². The Morgan fingerprint density at radius 3 is 1.14 bits per heavy atom. The molecule has 9 nitrogen and oxygen atoms in total. The van der Waals surface area contributed by atoms with Crippen LogP contribution in [0.5, 0.6) is 0 Å². The van der Waals surface area contributed by atoms with E-state index in [1.165, 1.54) is 21.3 Å². The zero-order chi connectivity index (χ0) is 16.8. The van der Waals surface area contributed by atoms with E-state index >= 15 is 0 Å². The molecule has 0 saturated carbocycles. The largest absolute Gasteiger partial charge is 0.469 e. The van der Waals surface area contributed by atoms with Crippen molar-refractivity contribution < 1.29 is 42.8 Å². The van der Waals surface area contributed by atoms with Gasteiger partial charge in [0.15, 0.2) is 0 Å². The van der Waals surface area contributed by atoms with Gasteiger partial charge in [0.25, 0.3) is 6.48 Å². The molecule has 0 heterocycles. The molecule has 0 bridgehead atoms. The zero-order valence-corrected chi connectivity index (χ0v) is 13.0. The highest BCUT2D eigenvalue weighted by Gasteiger charge is 2.14. The van der Waals surface area contributed by atoms with Gasteiger partial charge < -0.3 is 28.4 Å². The lowest BCUT2D eigenvalue weighted by molar-refractivity contribution is -0.287. The summed E-state index contributed by atoms with van der Waals surface area (Å²) in [7, 11) is 3.79. The molecule has 0 atom stereocenters. The van der Waals surface area contributed by atoms with Crippen molar-refractivity contribution in [1.29, 1.82) is 0 Å². The van der Waals surface area contributed by atoms with Crippen LogP contribution in [0.3, 0.4) is 0 Å². The predicted molar refractivity (Wildman–Crippen MR) is 71.5 cm³/mol. The van der Waals surface area contributed by atoms with Crippen molar-refractivity contribution in [3.63, 3.8) is 0 Å². The lowest BCUT2D eigenvalue weighted by atomic mass is 10.4. The van der Waals surface area contributed by atoms with Crippen molar-refractivity contribution in [3.8, 4) is 0 Å². The monoisotopic (exact) mass is 322 g/mol. The van der Waals surface area contributed by atoms with E-state index in [-0.39, 0.29) is 39.1 Å². The second-order valence-corrected chi connectivity index (χ2v) is 3.88. The van der Waals surface area contributed by atoms with Crippen LogP contribution in [0, 0.1) is 0 Å². The topological polar surface area (TPSA) is 107 Å². The molecule has 0 aliphatic rings. The van der Waals surface area contributed by atoms with Crippen LogP contribution < -0.4 is 0 Å². The molecule has 0 rings (SSSR count). The predicted octanol–water partition coefficient (Wildman–Crippen LogP) is 0.00910. The fourth-order valence-corrected chi connectivity index (χ4v) is 1.17. The van der Waals surface area contributed by atoms with Crippen LogP contribution in [0.1, 0.15) is 19.3 Å². The fraction of sp³-hybridized carbons (Fsp3) is 0.769. The van der Waals surface area contributed by atoms with Gasteiger partial charge in [-0.2, -0.15) is 0 Å². The SMILES string of the molecule is COC(=O)CCOC(OCCC(=O)OC)OCCC(=O)OC. The van der Waals surface area contributed by atoms with Gasteiger partial charge >= 0.3 is 17.9 Å². The Kier molecular flexibility index (Phi) is 12.0. The van der Waals surface area contributed by atoms with E-state index in [0.29, 0.717) is 0 Å². The van der Waals surface area contributed by atoms with Gasteiger partial charge in [-0.15, -0.1) is 0 Å². The number of ether oxygens (including phenoxy) is 6. The van der Waals surface area contributed by atoms with Gasteiger partial charge in [0.05, 0.1) is 60.4 Å². The standard InChI is InChI=1S/C13H22O9/c1-17-10(14)4-7-20-13(21-8-5-11(15)18-2)22-9-6-12(16)19-3/h13H,4-9H2,1-3H3. The van der Waals surface area contributed by atoms with Crippen molar-refractivity contribution in [2.24, 2.45) is 0 Å². The number of methoxy groups -OCH3 is 3. The number of carbonyl (C=O) groups excluding carboxylic acids is 3. The van der Waals surface area contributed by atoms with Gasteiger partial charge in [-0.25, -0.2) is 0 Å². The third-order valence-electron chi connectivity index (χ3n) is 2.36. The van der Waals surface area contributed by atoms with Gasteiger partial charge in [0, 0.05) is 0 Å². The highest BCUT2D eigenvalue weighted by atomic mass is 16.8. The number of hydrogen-bond acceptors (Lipinski definition) is 9. The molecule has 0 spiro atoms. The van der Waals surface area contributed by atoms with Crippen molar-refractivity contribution in [2.75, 3.05) is 41.2 Å². The molecule has 0 aliphatic heterocycles. The summed E-state index contributed by atoms with van der Waals surface area (Å²) in [5.74, 6) is -1.33. The first kappa shape index (κ1) is 20.3. The molecule has 0 radical (unpaired) electrons. The van der Waals surface area contributed by atoms with Gasteiger partial charge in [0.2, 0.25) is 0 Å². The zero-order valence-electron chi connectivity index (χ0n) is 13.0. The summed E-state index contributed by atoms with van der Waals surface area (Å²) in [4.78, 5) is 32.9. The van der Waals surface area contributed by atoms with E-state index < -0.39 is 24.4 Å². The minimum absolute atomic E-state index is 0.00773.